The van der Waals surface area contributed by atoms with Gasteiger partial charge < -0.3 is 19.0 Å². The zero-order valence-electron chi connectivity index (χ0n) is 33.7. The van der Waals surface area contributed by atoms with E-state index < -0.39 is 37.9 Å². The number of carbonyl (C=O) groups is 3. The number of hydrogen-bond donors (Lipinski definition) is 1. The Bertz CT molecular complexity index is 2480. The first kappa shape index (κ1) is 42.5. The number of nitrogens with one attached hydrogen (secondary N) is 1. The molecule has 1 fully saturated rings. The fraction of sp³-hybridized carbons (Fsp3) is 0.488. The fourth-order valence-corrected chi connectivity index (χ4v) is 9.58. The Hall–Kier alpha value is -4.64. The van der Waals surface area contributed by atoms with Crippen molar-refractivity contribution in [2.45, 2.75) is 89.9 Å². The summed E-state index contributed by atoms with van der Waals surface area (Å²) in [6, 6.07) is 16.1. The molecule has 1 N–H and O–H groups in total. The van der Waals surface area contributed by atoms with Crippen molar-refractivity contribution in [3.63, 3.8) is 0 Å². The Kier molecular flexibility index (Phi) is 12.9. The maximum atomic E-state index is 11.4. The van der Waals surface area contributed by atoms with E-state index in [2.05, 4.69) is 61.5 Å². The Labute approximate surface area is 345 Å². The summed E-state index contributed by atoms with van der Waals surface area (Å²) in [7, 11) is -7.10. The molecule has 59 heavy (non-hydrogen) atoms. The van der Waals surface area contributed by atoms with Gasteiger partial charge in [-0.3, -0.25) is 9.59 Å². The van der Waals surface area contributed by atoms with Gasteiger partial charge in [0, 0.05) is 91.2 Å². The lowest BCUT2D eigenvalue weighted by molar-refractivity contribution is -0.197. The largest absolute Gasteiger partial charge is 0.748 e. The Morgan fingerprint density at radius 1 is 0.814 bits per heavy atom. The lowest BCUT2D eigenvalue weighted by atomic mass is 9.83. The summed E-state index contributed by atoms with van der Waals surface area (Å²) in [4.78, 5) is 41.1. The van der Waals surface area contributed by atoms with E-state index >= 15 is 0 Å². The summed E-state index contributed by atoms with van der Waals surface area (Å²) in [6.07, 6.45) is 13.3. The molecule has 6 heterocycles. The van der Waals surface area contributed by atoms with Gasteiger partial charge in [-0.15, -0.1) is 5.06 Å². The van der Waals surface area contributed by atoms with E-state index in [1.54, 1.807) is 0 Å². The van der Waals surface area contributed by atoms with Gasteiger partial charge in [0.05, 0.1) is 21.9 Å². The molecule has 0 radical (unpaired) electrons. The molecule has 16 heteroatoms. The van der Waals surface area contributed by atoms with Gasteiger partial charge in [-0.05, 0) is 74.6 Å². The number of hydroxylamine groups is 2. The fourth-order valence-electron chi connectivity index (χ4n) is 9.06. The van der Waals surface area contributed by atoms with Gasteiger partial charge in [0.2, 0.25) is 15.4 Å². The van der Waals surface area contributed by atoms with Crippen LogP contribution in [0.25, 0.3) is 5.57 Å². The van der Waals surface area contributed by atoms with Crippen LogP contribution in [0, 0.1) is 0 Å². The predicted octanol–water partition coefficient (Wildman–Crippen LogP) is 2.99. The first-order valence-electron chi connectivity index (χ1n) is 20.6. The van der Waals surface area contributed by atoms with Crippen LogP contribution in [0.4, 0.5) is 5.69 Å². The van der Waals surface area contributed by atoms with Crippen LogP contribution in [-0.4, -0.2) is 89.5 Å². The molecule has 0 unspecified atom stereocenters. The molecule has 316 valence electrons. The molecule has 0 spiro atoms. The maximum Gasteiger partial charge on any atom is 0.333 e. The third-order valence-electron chi connectivity index (χ3n) is 11.4. The van der Waals surface area contributed by atoms with Crippen LogP contribution >= 0.6 is 0 Å². The molecule has 1 saturated heterocycles. The first-order valence-corrected chi connectivity index (χ1v) is 24.3. The van der Waals surface area contributed by atoms with E-state index in [9.17, 15) is 22.8 Å². The number of anilines is 1. The van der Waals surface area contributed by atoms with E-state index in [-0.39, 0.29) is 19.3 Å². The highest BCUT2D eigenvalue weighted by atomic mass is 32.2. The first-order chi connectivity index (χ1) is 28.2. The number of ether oxygens (including phenoxy) is 1. The molecule has 0 bridgehead atoms. The van der Waals surface area contributed by atoms with E-state index in [0.717, 1.165) is 30.6 Å². The molecule has 0 aliphatic carbocycles. The highest BCUT2D eigenvalue weighted by molar-refractivity contribution is 7.88. The lowest BCUT2D eigenvalue weighted by Gasteiger charge is -2.39. The molecule has 0 atom stereocenters. The monoisotopic (exact) mass is 848 g/mol. The van der Waals surface area contributed by atoms with Crippen molar-refractivity contribution in [2.75, 3.05) is 50.1 Å². The number of rotatable bonds is 9. The summed E-state index contributed by atoms with van der Waals surface area (Å²) in [5.74, 6) is 0.674. The summed E-state index contributed by atoms with van der Waals surface area (Å²) in [6.45, 7) is 5.09. The summed E-state index contributed by atoms with van der Waals surface area (Å²) >= 11 is 0. The average Bonchev–Trinajstić information content (AvgIpc) is 3.51. The zero-order chi connectivity index (χ0) is 41.9. The van der Waals surface area contributed by atoms with E-state index in [0.29, 0.717) is 37.1 Å². The number of amides is 2. The summed E-state index contributed by atoms with van der Waals surface area (Å²) in [5, 5.41) is 3.35. The third kappa shape index (κ3) is 10.0. The van der Waals surface area contributed by atoms with Crippen LogP contribution in [0.15, 0.2) is 42.5 Å². The SMILES string of the molecule is CS(=O)(=O)NCCCCCC(=O)ON1C(=O)CCC1=O.CS(=O)(=O)[O-].c1ccc(C2=c3cc4c5c(c3Oc3c2cc2c6c3CCCN6CCC2)CCC[N+]=5CCC4)cc1. The number of unbranched alkanes of at least 4 members (excludes halogenated alkanes) is 2. The second kappa shape index (κ2) is 17.9. The van der Waals surface area contributed by atoms with Crippen molar-refractivity contribution in [3.05, 3.63) is 86.4 Å². The molecule has 9 rings (SSSR count). The third-order valence-corrected chi connectivity index (χ3v) is 12.1. The second-order valence-corrected chi connectivity index (χ2v) is 19.2. The van der Waals surface area contributed by atoms with Crippen molar-refractivity contribution in [2.24, 2.45) is 0 Å². The summed E-state index contributed by atoms with van der Waals surface area (Å²) < 4.78 is 60.8. The van der Waals surface area contributed by atoms with Crippen LogP contribution in [-0.2, 0) is 65.0 Å². The van der Waals surface area contributed by atoms with Crippen molar-refractivity contribution in [1.82, 2.24) is 14.4 Å². The number of fused-ring (bicyclic) bond motifs is 4. The molecule has 2 amide bonds. The molecule has 14 nitrogen and oxygen atoms in total. The van der Waals surface area contributed by atoms with Gasteiger partial charge in [-0.1, -0.05) is 36.8 Å². The number of benzene rings is 3. The van der Waals surface area contributed by atoms with E-state index in [4.69, 9.17) is 17.7 Å². The highest BCUT2D eigenvalue weighted by Gasteiger charge is 2.36. The van der Waals surface area contributed by atoms with Crippen molar-refractivity contribution in [1.29, 1.82) is 0 Å². The Morgan fingerprint density at radius 3 is 2.15 bits per heavy atom. The summed E-state index contributed by atoms with van der Waals surface area (Å²) in [5.41, 5.74) is 11.5. The number of imide groups is 1. The minimum Gasteiger partial charge on any atom is -0.748 e. The van der Waals surface area contributed by atoms with Crippen molar-refractivity contribution < 1.29 is 45.3 Å². The number of aryl methyl sites for hydroxylation is 2. The van der Waals surface area contributed by atoms with Crippen molar-refractivity contribution >= 4 is 49.2 Å². The molecule has 3 aromatic rings. The Balaban J connectivity index is 0.000000181. The smallest absolute Gasteiger partial charge is 0.333 e. The van der Waals surface area contributed by atoms with Crippen LogP contribution in [0.3, 0.4) is 0 Å². The van der Waals surface area contributed by atoms with E-state index in [1.165, 1.54) is 120 Å². The normalized spacial score (nSPS) is 17.6. The van der Waals surface area contributed by atoms with Crippen LogP contribution in [0.1, 0.15) is 97.6 Å². The van der Waals surface area contributed by atoms with Gasteiger partial charge in [-0.25, -0.2) is 30.9 Å². The zero-order valence-corrected chi connectivity index (χ0v) is 35.4. The van der Waals surface area contributed by atoms with Gasteiger partial charge in [0.1, 0.15) is 24.6 Å². The van der Waals surface area contributed by atoms with Gasteiger partial charge >= 0.3 is 5.97 Å². The molecule has 6 aliphatic rings. The van der Waals surface area contributed by atoms with Crippen LogP contribution in [0.2, 0.25) is 0 Å². The van der Waals surface area contributed by atoms with Gasteiger partial charge in [0.25, 0.3) is 11.8 Å². The van der Waals surface area contributed by atoms with Crippen LogP contribution in [0.5, 0.6) is 11.5 Å². The maximum absolute atomic E-state index is 11.4. The molecule has 0 saturated carbocycles. The topological polar surface area (TPSA) is 183 Å². The minimum absolute atomic E-state index is 0.0727. The quantitative estimate of drug-likeness (QED) is 0.113. The number of hydrogen-bond acceptors (Lipinski definition) is 11. The lowest BCUT2D eigenvalue weighted by Crippen LogP contribution is -2.45. The van der Waals surface area contributed by atoms with Crippen LogP contribution < -0.4 is 29.5 Å². The molecule has 6 aliphatic heterocycles. The standard InChI is InChI=1S/C31H31N2O.C11H18N2O6S.CH4O3S/c1-2-8-20(9-3-1)27-25-18-21-10-4-14-32-16-6-12-23(28(21)32)30(25)34-31-24-13-7-17-33-15-5-11-22(29(24)33)19-26(27)31;1-20(17,18)12-8-4-2-3-5-11(16)19-13-9(14)6-7-10(13)15;1-5(2,3)4/h1-3,8-9,18-19H,4-7,10-17H2;12H,2-8H2,1H3;1H3,(H,2,3,4)/q+1;;/p-1. The van der Waals surface area contributed by atoms with Gasteiger partial charge in [-0.2, -0.15) is 0 Å². The van der Waals surface area contributed by atoms with Crippen molar-refractivity contribution in [3.8, 4) is 11.5 Å². The molecule has 3 aromatic carbocycles. The molecule has 0 aromatic heterocycles. The number of carbonyl (C=O) groups excluding carboxylic acids is 3. The van der Waals surface area contributed by atoms with E-state index in [1.807, 2.05) is 0 Å². The second-order valence-electron chi connectivity index (χ2n) is 15.9. The van der Waals surface area contributed by atoms with Gasteiger partial charge in [0.15, 0.2) is 0 Å². The molecular weight excluding hydrogens is 797 g/mol. The Morgan fingerprint density at radius 2 is 1.46 bits per heavy atom. The highest BCUT2D eigenvalue weighted by Crippen LogP contribution is 2.48. The molecular formula is C43H52N4O10S2. The number of nitrogens with zero attached hydrogens (tertiary/aromatic N) is 3. The average molecular weight is 849 g/mol. The number of sulfonamides is 1. The minimum atomic E-state index is -3.92. The predicted molar refractivity (Wildman–Crippen MR) is 221 cm³/mol.